The predicted octanol–water partition coefficient (Wildman–Crippen LogP) is 6.33. The molecule has 182 valence electrons. The SMILES string of the molecule is NS(=O)(=O)c1cc(S(=O)(=O)N(c2cccc(Cl)c2Cl)c2cccc(Cl)c2Cl)c2cc(O)ccc2c1. The number of primary sulfonamides is 1. The van der Waals surface area contributed by atoms with E-state index in [1.54, 1.807) is 0 Å². The summed E-state index contributed by atoms with van der Waals surface area (Å²) in [6.45, 7) is 0. The third-order valence-electron chi connectivity index (χ3n) is 5.02. The fourth-order valence-electron chi connectivity index (χ4n) is 3.45. The van der Waals surface area contributed by atoms with Gasteiger partial charge in [0.15, 0.2) is 0 Å². The van der Waals surface area contributed by atoms with Crippen molar-refractivity contribution in [2.75, 3.05) is 4.31 Å². The molecule has 0 fully saturated rings. The topological polar surface area (TPSA) is 118 Å². The van der Waals surface area contributed by atoms with Gasteiger partial charge < -0.3 is 5.11 Å². The van der Waals surface area contributed by atoms with Gasteiger partial charge in [0.05, 0.1) is 41.3 Å². The van der Waals surface area contributed by atoms with Crippen LogP contribution >= 0.6 is 46.4 Å². The Labute approximate surface area is 221 Å². The fraction of sp³-hybridized carbons (Fsp3) is 0. The van der Waals surface area contributed by atoms with Crippen LogP contribution in [0.1, 0.15) is 0 Å². The molecule has 0 heterocycles. The maximum Gasteiger partial charge on any atom is 0.269 e. The molecule has 0 bridgehead atoms. The van der Waals surface area contributed by atoms with E-state index in [-0.39, 0.29) is 48.0 Å². The number of halogens is 4. The van der Waals surface area contributed by atoms with Gasteiger partial charge in [0.25, 0.3) is 10.0 Å². The number of anilines is 2. The average Bonchev–Trinajstić information content (AvgIpc) is 2.78. The predicted molar refractivity (Wildman–Crippen MR) is 139 cm³/mol. The quantitative estimate of drug-likeness (QED) is 0.281. The summed E-state index contributed by atoms with van der Waals surface area (Å²) in [4.78, 5) is -0.939. The van der Waals surface area contributed by atoms with Gasteiger partial charge in [0.1, 0.15) is 5.75 Å². The van der Waals surface area contributed by atoms with E-state index in [0.29, 0.717) is 0 Å². The Morgan fingerprint density at radius 1 is 0.743 bits per heavy atom. The van der Waals surface area contributed by atoms with Gasteiger partial charge in [-0.2, -0.15) is 0 Å². The Morgan fingerprint density at radius 3 is 1.80 bits per heavy atom. The van der Waals surface area contributed by atoms with Gasteiger partial charge in [0.2, 0.25) is 10.0 Å². The molecule has 0 saturated heterocycles. The third-order valence-corrected chi connectivity index (χ3v) is 9.30. The summed E-state index contributed by atoms with van der Waals surface area (Å²) in [5.41, 5.74) is -0.143. The van der Waals surface area contributed by atoms with Crippen LogP contribution in [0.4, 0.5) is 11.4 Å². The van der Waals surface area contributed by atoms with Crippen molar-refractivity contribution in [1.82, 2.24) is 0 Å². The molecule has 4 rings (SSSR count). The van der Waals surface area contributed by atoms with E-state index in [0.717, 1.165) is 10.4 Å². The van der Waals surface area contributed by atoms with E-state index >= 15 is 0 Å². The number of nitrogens with two attached hydrogens (primary N) is 1. The zero-order chi connectivity index (χ0) is 25.7. The molecule has 0 aliphatic rings. The molecule has 13 heteroatoms. The number of hydrogen-bond acceptors (Lipinski definition) is 5. The van der Waals surface area contributed by atoms with Crippen molar-refractivity contribution < 1.29 is 21.9 Å². The standard InChI is InChI=1S/C22H14Cl4N2O5S2/c23-16-3-1-5-18(21(16)25)28(19-6-2-4-17(24)22(19)26)35(32,33)20-11-14(34(27,30)31)9-12-7-8-13(29)10-15(12)20/h1-11,29H,(H2,27,30,31). The molecule has 0 atom stereocenters. The number of fused-ring (bicyclic) bond motifs is 1. The molecule has 0 radical (unpaired) electrons. The first-order chi connectivity index (χ1) is 16.3. The Balaban J connectivity index is 2.16. The average molecular weight is 592 g/mol. The van der Waals surface area contributed by atoms with E-state index < -0.39 is 29.8 Å². The molecule has 3 N–H and O–H groups in total. The number of phenolic OH excluding ortho intramolecular Hbond substituents is 1. The van der Waals surface area contributed by atoms with Gasteiger partial charge in [-0.05, 0) is 53.9 Å². The van der Waals surface area contributed by atoms with E-state index in [1.807, 2.05) is 0 Å². The molecular weight excluding hydrogens is 578 g/mol. The van der Waals surface area contributed by atoms with E-state index in [4.69, 9.17) is 51.5 Å². The summed E-state index contributed by atoms with van der Waals surface area (Å²) < 4.78 is 53.7. The lowest BCUT2D eigenvalue weighted by Gasteiger charge is -2.27. The van der Waals surface area contributed by atoms with Crippen molar-refractivity contribution in [3.8, 4) is 5.75 Å². The van der Waals surface area contributed by atoms with Crippen molar-refractivity contribution in [1.29, 1.82) is 0 Å². The summed E-state index contributed by atoms with van der Waals surface area (Å²) in [5.74, 6) is -0.245. The van der Waals surface area contributed by atoms with Crippen molar-refractivity contribution in [2.45, 2.75) is 9.79 Å². The third kappa shape index (κ3) is 4.77. The fourth-order valence-corrected chi connectivity index (χ4v) is 6.71. The van der Waals surface area contributed by atoms with Crippen LogP contribution in [0, 0.1) is 0 Å². The number of aromatic hydroxyl groups is 1. The first-order valence-electron chi connectivity index (χ1n) is 9.55. The minimum Gasteiger partial charge on any atom is -0.508 e. The van der Waals surface area contributed by atoms with E-state index in [2.05, 4.69) is 0 Å². The molecule has 0 amide bonds. The number of sulfonamides is 2. The Morgan fingerprint density at radius 2 is 1.29 bits per heavy atom. The van der Waals surface area contributed by atoms with Gasteiger partial charge in [-0.15, -0.1) is 0 Å². The number of nitrogens with zero attached hydrogens (tertiary/aromatic N) is 1. The van der Waals surface area contributed by atoms with Gasteiger partial charge in [-0.1, -0.05) is 64.6 Å². The smallest absolute Gasteiger partial charge is 0.269 e. The number of hydrogen-bond donors (Lipinski definition) is 2. The second kappa shape index (κ2) is 9.33. The minimum absolute atomic E-state index is 0.0266. The van der Waals surface area contributed by atoms with Crippen molar-refractivity contribution in [2.24, 2.45) is 5.14 Å². The van der Waals surface area contributed by atoms with E-state index in [9.17, 15) is 21.9 Å². The highest BCUT2D eigenvalue weighted by Gasteiger charge is 2.33. The molecule has 0 saturated carbocycles. The van der Waals surface area contributed by atoms with Gasteiger partial charge in [-0.3, -0.25) is 0 Å². The number of benzene rings is 4. The first-order valence-corrected chi connectivity index (χ1v) is 14.0. The second-order valence-electron chi connectivity index (χ2n) is 7.29. The lowest BCUT2D eigenvalue weighted by atomic mass is 10.1. The molecule has 0 aliphatic heterocycles. The van der Waals surface area contributed by atoms with Crippen LogP contribution in [0.5, 0.6) is 5.75 Å². The summed E-state index contributed by atoms with van der Waals surface area (Å²) in [6, 6.07) is 14.6. The lowest BCUT2D eigenvalue weighted by Crippen LogP contribution is -2.27. The van der Waals surface area contributed by atoms with Crippen LogP contribution in [0.2, 0.25) is 20.1 Å². The molecule has 0 aromatic heterocycles. The molecule has 35 heavy (non-hydrogen) atoms. The normalized spacial score (nSPS) is 12.1. The lowest BCUT2D eigenvalue weighted by molar-refractivity contribution is 0.476. The van der Waals surface area contributed by atoms with Crippen LogP contribution in [-0.2, 0) is 20.0 Å². The first kappa shape index (κ1) is 25.8. The van der Waals surface area contributed by atoms with Crippen LogP contribution in [-0.4, -0.2) is 21.9 Å². The van der Waals surface area contributed by atoms with Crippen molar-refractivity contribution >= 4 is 88.6 Å². The number of phenols is 1. The summed E-state index contributed by atoms with van der Waals surface area (Å²) in [6.07, 6.45) is 0. The Hall–Kier alpha value is -2.24. The minimum atomic E-state index is -4.70. The van der Waals surface area contributed by atoms with Gasteiger partial charge in [-0.25, -0.2) is 26.3 Å². The molecular formula is C22H14Cl4N2O5S2. The molecule has 0 aliphatic carbocycles. The summed E-state index contributed by atoms with van der Waals surface area (Å²) in [5, 5.41) is 15.5. The molecule has 0 spiro atoms. The summed E-state index contributed by atoms with van der Waals surface area (Å²) in [7, 11) is -9.01. The largest absolute Gasteiger partial charge is 0.508 e. The zero-order valence-corrected chi connectivity index (χ0v) is 21.9. The number of rotatable bonds is 5. The second-order valence-corrected chi connectivity index (χ2v) is 12.2. The highest BCUT2D eigenvalue weighted by Crippen LogP contribution is 2.45. The highest BCUT2D eigenvalue weighted by molar-refractivity contribution is 7.93. The van der Waals surface area contributed by atoms with Crippen molar-refractivity contribution in [3.63, 3.8) is 0 Å². The van der Waals surface area contributed by atoms with Crippen molar-refractivity contribution in [3.05, 3.63) is 86.8 Å². The van der Waals surface area contributed by atoms with Gasteiger partial charge >= 0.3 is 0 Å². The Bertz CT molecular complexity index is 1660. The highest BCUT2D eigenvalue weighted by atomic mass is 35.5. The zero-order valence-electron chi connectivity index (χ0n) is 17.3. The maximum atomic E-state index is 14.3. The molecule has 4 aromatic rings. The molecule has 7 nitrogen and oxygen atoms in total. The monoisotopic (exact) mass is 590 g/mol. The maximum absolute atomic E-state index is 14.3. The van der Waals surface area contributed by atoms with Crippen LogP contribution in [0.25, 0.3) is 10.8 Å². The molecule has 4 aromatic carbocycles. The van der Waals surface area contributed by atoms with Gasteiger partial charge in [0, 0.05) is 5.39 Å². The van der Waals surface area contributed by atoms with Crippen LogP contribution < -0.4 is 9.44 Å². The Kier molecular flexibility index (Phi) is 6.89. The van der Waals surface area contributed by atoms with Crippen LogP contribution in [0.3, 0.4) is 0 Å². The van der Waals surface area contributed by atoms with E-state index in [1.165, 1.54) is 60.7 Å². The molecule has 0 unspecified atom stereocenters. The summed E-state index contributed by atoms with van der Waals surface area (Å²) >= 11 is 25.1. The van der Waals surface area contributed by atoms with Crippen LogP contribution in [0.15, 0.2) is 76.5 Å².